The molecule has 1 aliphatic heterocycles. The maximum Gasteiger partial charge on any atom is 0.240 e. The zero-order valence-corrected chi connectivity index (χ0v) is 12.0. The van der Waals surface area contributed by atoms with Crippen LogP contribution in [0.25, 0.3) is 0 Å². The lowest BCUT2D eigenvalue weighted by Crippen LogP contribution is -2.49. The highest BCUT2D eigenvalue weighted by Gasteiger charge is 2.42. The third-order valence-electron chi connectivity index (χ3n) is 4.54. The minimum absolute atomic E-state index is 0.0824. The molecule has 0 bridgehead atoms. The van der Waals surface area contributed by atoms with Crippen molar-refractivity contribution in [3.8, 4) is 6.07 Å². The van der Waals surface area contributed by atoms with Crippen molar-refractivity contribution in [2.45, 2.75) is 58.4 Å². The second kappa shape index (κ2) is 5.50. The maximum atomic E-state index is 12.4. The molecule has 1 atom stereocenters. The van der Waals surface area contributed by atoms with Gasteiger partial charge in [-0.15, -0.1) is 0 Å². The summed E-state index contributed by atoms with van der Waals surface area (Å²) in [5, 5.41) is 12.5. The Morgan fingerprint density at radius 2 is 2.00 bits per heavy atom. The Bertz CT molecular complexity index is 378. The van der Waals surface area contributed by atoms with Gasteiger partial charge in [0.05, 0.1) is 6.07 Å². The number of rotatable bonds is 2. The van der Waals surface area contributed by atoms with Gasteiger partial charge < -0.3 is 10.1 Å². The third-order valence-corrected chi connectivity index (χ3v) is 4.54. The molecule has 19 heavy (non-hydrogen) atoms. The number of nitrogens with zero attached hydrogens (tertiary/aromatic N) is 1. The molecule has 1 saturated heterocycles. The molecule has 1 aliphatic carbocycles. The zero-order valence-electron chi connectivity index (χ0n) is 12.0. The van der Waals surface area contributed by atoms with E-state index in [-0.39, 0.29) is 11.9 Å². The van der Waals surface area contributed by atoms with E-state index in [0.717, 1.165) is 19.3 Å². The highest BCUT2D eigenvalue weighted by Crippen LogP contribution is 2.36. The van der Waals surface area contributed by atoms with Crippen LogP contribution < -0.4 is 5.32 Å². The minimum atomic E-state index is -0.861. The third kappa shape index (κ3) is 3.27. The quantitative estimate of drug-likeness (QED) is 0.833. The van der Waals surface area contributed by atoms with Gasteiger partial charge in [0.2, 0.25) is 5.91 Å². The first-order chi connectivity index (χ1) is 8.97. The van der Waals surface area contributed by atoms with Crippen molar-refractivity contribution in [3.63, 3.8) is 0 Å². The lowest BCUT2D eigenvalue weighted by molar-refractivity contribution is -0.133. The monoisotopic (exact) mass is 264 g/mol. The van der Waals surface area contributed by atoms with Crippen LogP contribution in [0.5, 0.6) is 0 Å². The molecule has 1 unspecified atom stereocenters. The van der Waals surface area contributed by atoms with Crippen molar-refractivity contribution in [1.82, 2.24) is 5.32 Å². The highest BCUT2D eigenvalue weighted by molar-refractivity contribution is 5.85. The van der Waals surface area contributed by atoms with E-state index in [2.05, 4.69) is 25.2 Å². The normalized spacial score (nSPS) is 29.2. The Labute approximate surface area is 115 Å². The predicted octanol–water partition coefficient (Wildman–Crippen LogP) is 2.39. The van der Waals surface area contributed by atoms with Crippen molar-refractivity contribution in [2.75, 3.05) is 13.2 Å². The smallest absolute Gasteiger partial charge is 0.240 e. The first kappa shape index (κ1) is 14.3. The minimum Gasteiger partial charge on any atom is -0.381 e. The molecule has 1 N–H and O–H groups in total. The molecule has 1 heterocycles. The van der Waals surface area contributed by atoms with Crippen LogP contribution in [-0.2, 0) is 9.53 Å². The largest absolute Gasteiger partial charge is 0.381 e. The molecule has 2 aliphatic rings. The summed E-state index contributed by atoms with van der Waals surface area (Å²) in [7, 11) is 0. The van der Waals surface area contributed by atoms with Gasteiger partial charge in [0.15, 0.2) is 0 Å². The molecule has 0 aromatic carbocycles. The van der Waals surface area contributed by atoms with E-state index in [1.54, 1.807) is 0 Å². The van der Waals surface area contributed by atoms with E-state index in [0.29, 0.717) is 31.5 Å². The van der Waals surface area contributed by atoms with Gasteiger partial charge in [-0.2, -0.15) is 5.26 Å². The first-order valence-corrected chi connectivity index (χ1v) is 7.27. The SMILES string of the molecule is CC1(C)CCCC(NC(=O)C2(C#N)CCOCC2)C1. The van der Waals surface area contributed by atoms with Crippen molar-refractivity contribution in [1.29, 1.82) is 5.26 Å². The van der Waals surface area contributed by atoms with E-state index in [9.17, 15) is 10.1 Å². The van der Waals surface area contributed by atoms with Crippen LogP contribution in [-0.4, -0.2) is 25.2 Å². The van der Waals surface area contributed by atoms with Crippen LogP contribution in [0.3, 0.4) is 0 Å². The first-order valence-electron chi connectivity index (χ1n) is 7.27. The number of carbonyl (C=O) groups excluding carboxylic acids is 1. The summed E-state index contributed by atoms with van der Waals surface area (Å²) in [6, 6.07) is 2.46. The van der Waals surface area contributed by atoms with Crippen molar-refractivity contribution >= 4 is 5.91 Å². The molecular formula is C15H24N2O2. The number of carbonyl (C=O) groups is 1. The Kier molecular flexibility index (Phi) is 4.15. The van der Waals surface area contributed by atoms with E-state index < -0.39 is 5.41 Å². The second-order valence-electron chi connectivity index (χ2n) is 6.74. The fourth-order valence-corrected chi connectivity index (χ4v) is 3.25. The van der Waals surface area contributed by atoms with Crippen LogP contribution in [0.15, 0.2) is 0 Å². The maximum absolute atomic E-state index is 12.4. The van der Waals surface area contributed by atoms with Gasteiger partial charge >= 0.3 is 0 Å². The summed E-state index contributed by atoms with van der Waals surface area (Å²) in [6.07, 6.45) is 5.46. The standard InChI is InChI=1S/C15H24N2O2/c1-14(2)5-3-4-12(10-14)17-13(18)15(11-16)6-8-19-9-7-15/h12H,3-10H2,1-2H3,(H,17,18). The predicted molar refractivity (Wildman–Crippen MR) is 72.3 cm³/mol. The lowest BCUT2D eigenvalue weighted by atomic mass is 9.74. The van der Waals surface area contributed by atoms with Crippen LogP contribution in [0.2, 0.25) is 0 Å². The molecule has 0 aromatic rings. The van der Waals surface area contributed by atoms with E-state index in [1.807, 2.05) is 0 Å². The molecule has 2 rings (SSSR count). The molecule has 4 heteroatoms. The summed E-state index contributed by atoms with van der Waals surface area (Å²) in [4.78, 5) is 12.4. The summed E-state index contributed by atoms with van der Waals surface area (Å²) < 4.78 is 5.27. The molecule has 1 amide bonds. The number of ether oxygens (including phenoxy) is 1. The van der Waals surface area contributed by atoms with Crippen molar-refractivity contribution in [2.24, 2.45) is 10.8 Å². The molecule has 0 radical (unpaired) electrons. The Balaban J connectivity index is 1.98. The van der Waals surface area contributed by atoms with Gasteiger partial charge in [-0.3, -0.25) is 4.79 Å². The summed E-state index contributed by atoms with van der Waals surface area (Å²) >= 11 is 0. The highest BCUT2D eigenvalue weighted by atomic mass is 16.5. The fourth-order valence-electron chi connectivity index (χ4n) is 3.25. The lowest BCUT2D eigenvalue weighted by Gasteiger charge is -2.37. The summed E-state index contributed by atoms with van der Waals surface area (Å²) in [5.74, 6) is -0.0824. The van der Waals surface area contributed by atoms with Crippen LogP contribution in [0, 0.1) is 22.2 Å². The summed E-state index contributed by atoms with van der Waals surface area (Å²) in [6.45, 7) is 5.52. The Morgan fingerprint density at radius 3 is 2.58 bits per heavy atom. The molecule has 4 nitrogen and oxygen atoms in total. The van der Waals surface area contributed by atoms with Gasteiger partial charge in [-0.25, -0.2) is 0 Å². The van der Waals surface area contributed by atoms with Gasteiger partial charge in [-0.1, -0.05) is 20.3 Å². The number of amides is 1. The van der Waals surface area contributed by atoms with Gasteiger partial charge in [0.25, 0.3) is 0 Å². The van der Waals surface area contributed by atoms with E-state index in [1.165, 1.54) is 6.42 Å². The Hall–Kier alpha value is -1.08. The summed E-state index contributed by atoms with van der Waals surface area (Å²) in [5.41, 5.74) is -0.564. The molecule has 1 saturated carbocycles. The number of nitrogens with one attached hydrogen (secondary N) is 1. The molecule has 106 valence electrons. The zero-order chi connectivity index (χ0) is 13.9. The van der Waals surface area contributed by atoms with Crippen molar-refractivity contribution < 1.29 is 9.53 Å². The van der Waals surface area contributed by atoms with E-state index >= 15 is 0 Å². The molecule has 2 fully saturated rings. The molecule has 0 spiro atoms. The van der Waals surface area contributed by atoms with Gasteiger partial charge in [0, 0.05) is 19.3 Å². The molecular weight excluding hydrogens is 240 g/mol. The van der Waals surface area contributed by atoms with Crippen molar-refractivity contribution in [3.05, 3.63) is 0 Å². The van der Waals surface area contributed by atoms with Crippen LogP contribution in [0.1, 0.15) is 52.4 Å². The van der Waals surface area contributed by atoms with E-state index in [4.69, 9.17) is 4.74 Å². The fraction of sp³-hybridized carbons (Fsp3) is 0.867. The number of nitriles is 1. The second-order valence-corrected chi connectivity index (χ2v) is 6.74. The van der Waals surface area contributed by atoms with Crippen LogP contribution in [0.4, 0.5) is 0 Å². The average Bonchev–Trinajstić information content (AvgIpc) is 2.38. The number of hydrogen-bond donors (Lipinski definition) is 1. The number of hydrogen-bond acceptors (Lipinski definition) is 3. The topological polar surface area (TPSA) is 62.1 Å². The van der Waals surface area contributed by atoms with Gasteiger partial charge in [-0.05, 0) is 37.5 Å². The Morgan fingerprint density at radius 1 is 1.32 bits per heavy atom. The average molecular weight is 264 g/mol. The van der Waals surface area contributed by atoms with Crippen LogP contribution >= 0.6 is 0 Å². The molecule has 0 aromatic heterocycles. The van der Waals surface area contributed by atoms with Gasteiger partial charge in [0.1, 0.15) is 5.41 Å².